The van der Waals surface area contributed by atoms with Crippen molar-refractivity contribution in [2.75, 3.05) is 36.2 Å². The maximum absolute atomic E-state index is 5.45. The third kappa shape index (κ3) is 4.63. The minimum atomic E-state index is 0.532. The first-order chi connectivity index (χ1) is 12.6. The summed E-state index contributed by atoms with van der Waals surface area (Å²) >= 11 is 0. The van der Waals surface area contributed by atoms with E-state index in [-0.39, 0.29) is 0 Å². The molecule has 0 saturated carbocycles. The van der Waals surface area contributed by atoms with Gasteiger partial charge in [0.2, 0.25) is 5.95 Å². The Morgan fingerprint density at radius 1 is 0.885 bits per heavy atom. The predicted molar refractivity (Wildman–Crippen MR) is 107 cm³/mol. The SMILES string of the molecule is CCOc1ccc(Nc2nccc(Nc3ccc(N(C)C)cc3)n2)cc1. The molecular weight excluding hydrogens is 326 g/mol. The van der Waals surface area contributed by atoms with Gasteiger partial charge < -0.3 is 20.3 Å². The molecule has 0 amide bonds. The number of nitrogens with zero attached hydrogens (tertiary/aromatic N) is 3. The molecule has 1 aromatic heterocycles. The maximum Gasteiger partial charge on any atom is 0.229 e. The molecule has 0 unspecified atom stereocenters. The molecule has 0 radical (unpaired) electrons. The highest BCUT2D eigenvalue weighted by Gasteiger charge is 2.02. The van der Waals surface area contributed by atoms with Crippen molar-refractivity contribution in [1.29, 1.82) is 0 Å². The van der Waals surface area contributed by atoms with Crippen LogP contribution in [0.4, 0.5) is 28.8 Å². The van der Waals surface area contributed by atoms with E-state index in [1.807, 2.05) is 63.5 Å². The van der Waals surface area contributed by atoms with Crippen LogP contribution in [-0.2, 0) is 0 Å². The number of benzene rings is 2. The first-order valence-corrected chi connectivity index (χ1v) is 8.51. The number of rotatable bonds is 7. The topological polar surface area (TPSA) is 62.3 Å². The summed E-state index contributed by atoms with van der Waals surface area (Å²) < 4.78 is 5.45. The van der Waals surface area contributed by atoms with Crippen LogP contribution in [0, 0.1) is 0 Å². The molecule has 2 aromatic carbocycles. The average Bonchev–Trinajstić information content (AvgIpc) is 2.64. The molecule has 2 N–H and O–H groups in total. The van der Waals surface area contributed by atoms with E-state index in [4.69, 9.17) is 4.74 Å². The van der Waals surface area contributed by atoms with Gasteiger partial charge in [-0.3, -0.25) is 0 Å². The van der Waals surface area contributed by atoms with E-state index in [2.05, 4.69) is 37.6 Å². The summed E-state index contributed by atoms with van der Waals surface area (Å²) in [4.78, 5) is 10.8. The summed E-state index contributed by atoms with van der Waals surface area (Å²) in [6.07, 6.45) is 1.72. The molecule has 0 saturated heterocycles. The number of anilines is 5. The van der Waals surface area contributed by atoms with Crippen molar-refractivity contribution in [3.05, 3.63) is 60.8 Å². The molecule has 134 valence electrons. The summed E-state index contributed by atoms with van der Waals surface area (Å²) in [7, 11) is 4.04. The molecule has 0 aliphatic heterocycles. The van der Waals surface area contributed by atoms with Crippen molar-refractivity contribution in [1.82, 2.24) is 9.97 Å². The van der Waals surface area contributed by atoms with Crippen molar-refractivity contribution in [3.8, 4) is 5.75 Å². The Morgan fingerprint density at radius 3 is 2.19 bits per heavy atom. The molecule has 0 spiro atoms. The summed E-state index contributed by atoms with van der Waals surface area (Å²) in [6, 6.07) is 17.7. The van der Waals surface area contributed by atoms with Crippen molar-refractivity contribution >= 4 is 28.8 Å². The first kappa shape index (κ1) is 17.5. The Hall–Kier alpha value is -3.28. The molecule has 0 aliphatic rings. The quantitative estimate of drug-likeness (QED) is 0.658. The second kappa shape index (κ2) is 8.20. The summed E-state index contributed by atoms with van der Waals surface area (Å²) in [5.41, 5.74) is 3.03. The third-order valence-corrected chi connectivity index (χ3v) is 3.73. The first-order valence-electron chi connectivity index (χ1n) is 8.51. The molecule has 6 heteroatoms. The number of hydrogen-bond donors (Lipinski definition) is 2. The van der Waals surface area contributed by atoms with Gasteiger partial charge in [-0.2, -0.15) is 4.98 Å². The number of aromatic nitrogens is 2. The lowest BCUT2D eigenvalue weighted by Crippen LogP contribution is -2.08. The van der Waals surface area contributed by atoms with E-state index in [1.165, 1.54) is 0 Å². The van der Waals surface area contributed by atoms with Crippen LogP contribution in [0.3, 0.4) is 0 Å². The Morgan fingerprint density at radius 2 is 1.54 bits per heavy atom. The van der Waals surface area contributed by atoms with Gasteiger partial charge in [0.1, 0.15) is 11.6 Å². The number of ether oxygens (including phenoxy) is 1. The van der Waals surface area contributed by atoms with E-state index in [0.717, 1.165) is 28.6 Å². The summed E-state index contributed by atoms with van der Waals surface area (Å²) in [5, 5.41) is 6.49. The molecule has 3 aromatic rings. The zero-order chi connectivity index (χ0) is 18.4. The van der Waals surface area contributed by atoms with Crippen LogP contribution in [0.25, 0.3) is 0 Å². The smallest absolute Gasteiger partial charge is 0.229 e. The molecule has 0 bridgehead atoms. The van der Waals surface area contributed by atoms with Crippen molar-refractivity contribution in [2.45, 2.75) is 6.92 Å². The zero-order valence-electron chi connectivity index (χ0n) is 15.2. The van der Waals surface area contributed by atoms with Gasteiger partial charge >= 0.3 is 0 Å². The van der Waals surface area contributed by atoms with E-state index in [1.54, 1.807) is 6.20 Å². The largest absolute Gasteiger partial charge is 0.494 e. The van der Waals surface area contributed by atoms with Crippen LogP contribution < -0.4 is 20.3 Å². The van der Waals surface area contributed by atoms with Gasteiger partial charge in [-0.15, -0.1) is 0 Å². The minimum absolute atomic E-state index is 0.532. The van der Waals surface area contributed by atoms with Crippen LogP contribution in [0.5, 0.6) is 5.75 Å². The van der Waals surface area contributed by atoms with Crippen LogP contribution >= 0.6 is 0 Å². The predicted octanol–water partition coefficient (Wildman–Crippen LogP) is 4.43. The van der Waals surface area contributed by atoms with Gasteiger partial charge in [0.25, 0.3) is 0 Å². The third-order valence-electron chi connectivity index (χ3n) is 3.73. The second-order valence-corrected chi connectivity index (χ2v) is 5.91. The molecule has 0 atom stereocenters. The van der Waals surface area contributed by atoms with Crippen molar-refractivity contribution in [3.63, 3.8) is 0 Å². The summed E-state index contributed by atoms with van der Waals surface area (Å²) in [5.74, 6) is 2.10. The highest BCUT2D eigenvalue weighted by molar-refractivity contribution is 5.62. The number of nitrogens with one attached hydrogen (secondary N) is 2. The second-order valence-electron chi connectivity index (χ2n) is 5.91. The van der Waals surface area contributed by atoms with Crippen LogP contribution in [0.15, 0.2) is 60.8 Å². The average molecular weight is 349 g/mol. The maximum atomic E-state index is 5.45. The lowest BCUT2D eigenvalue weighted by molar-refractivity contribution is 0.340. The molecule has 3 rings (SSSR count). The van der Waals surface area contributed by atoms with E-state index >= 15 is 0 Å². The Labute approximate surface area is 153 Å². The summed E-state index contributed by atoms with van der Waals surface area (Å²) in [6.45, 7) is 2.62. The normalized spacial score (nSPS) is 10.3. The van der Waals surface area contributed by atoms with Crippen LogP contribution in [0.2, 0.25) is 0 Å². The van der Waals surface area contributed by atoms with Gasteiger partial charge in [-0.1, -0.05) is 0 Å². The van der Waals surface area contributed by atoms with Crippen molar-refractivity contribution in [2.24, 2.45) is 0 Å². The van der Waals surface area contributed by atoms with Crippen LogP contribution in [0.1, 0.15) is 6.92 Å². The Balaban J connectivity index is 1.67. The Bertz CT molecular complexity index is 832. The van der Waals surface area contributed by atoms with Gasteiger partial charge in [-0.05, 0) is 61.5 Å². The minimum Gasteiger partial charge on any atom is -0.494 e. The highest BCUT2D eigenvalue weighted by Crippen LogP contribution is 2.21. The fourth-order valence-corrected chi connectivity index (χ4v) is 2.41. The molecule has 6 nitrogen and oxygen atoms in total. The van der Waals surface area contributed by atoms with E-state index in [9.17, 15) is 0 Å². The Kier molecular flexibility index (Phi) is 5.53. The molecular formula is C20H23N5O. The molecule has 0 fully saturated rings. The van der Waals surface area contributed by atoms with Crippen molar-refractivity contribution < 1.29 is 4.74 Å². The van der Waals surface area contributed by atoms with Gasteiger partial charge in [0.05, 0.1) is 6.61 Å². The van der Waals surface area contributed by atoms with Gasteiger partial charge in [0.15, 0.2) is 0 Å². The van der Waals surface area contributed by atoms with Crippen LogP contribution in [-0.4, -0.2) is 30.7 Å². The standard InChI is InChI=1S/C20H23N5O/c1-4-26-18-11-7-16(8-12-18)23-20-21-14-13-19(24-20)22-15-5-9-17(10-6-15)25(2)3/h5-14H,4H2,1-3H3,(H2,21,22,23,24). The number of hydrogen-bond acceptors (Lipinski definition) is 6. The van der Waals surface area contributed by atoms with Gasteiger partial charge in [-0.25, -0.2) is 4.98 Å². The highest BCUT2D eigenvalue weighted by atomic mass is 16.5. The monoisotopic (exact) mass is 349 g/mol. The zero-order valence-corrected chi connectivity index (χ0v) is 15.2. The van der Waals surface area contributed by atoms with Gasteiger partial charge in [0, 0.05) is 37.4 Å². The van der Waals surface area contributed by atoms with E-state index < -0.39 is 0 Å². The lowest BCUT2D eigenvalue weighted by Gasteiger charge is -2.13. The molecule has 1 heterocycles. The molecule has 26 heavy (non-hydrogen) atoms. The fourth-order valence-electron chi connectivity index (χ4n) is 2.41. The van der Waals surface area contributed by atoms with E-state index in [0.29, 0.717) is 12.6 Å². The lowest BCUT2D eigenvalue weighted by atomic mass is 10.2. The molecule has 0 aliphatic carbocycles. The fraction of sp³-hybridized carbons (Fsp3) is 0.200.